The minimum atomic E-state index is 0.165. The molecule has 152 valence electrons. The average Bonchev–Trinajstić information content (AvgIpc) is 2.73. The topological polar surface area (TPSA) is 67.3 Å². The lowest BCUT2D eigenvalue weighted by molar-refractivity contribution is -0.0319. The fourth-order valence-electron chi connectivity index (χ4n) is 2.87. The highest BCUT2D eigenvalue weighted by atomic mass is 35.5. The van der Waals surface area contributed by atoms with Crippen LogP contribution in [0, 0.1) is 11.8 Å². The van der Waals surface area contributed by atoms with Crippen LogP contribution in [0.4, 0.5) is 5.82 Å². The number of ether oxygens (including phenoxy) is 1. The maximum absolute atomic E-state index is 10.3. The lowest BCUT2D eigenvalue weighted by Gasteiger charge is -2.33. The van der Waals surface area contributed by atoms with Crippen LogP contribution in [-0.2, 0) is 0 Å². The molecule has 8 heteroatoms. The summed E-state index contributed by atoms with van der Waals surface area (Å²) in [5.74, 6) is 2.19. The van der Waals surface area contributed by atoms with Crippen molar-refractivity contribution in [2.45, 2.75) is 39.7 Å². The molecular formula is C20H27ClN4O3. The van der Waals surface area contributed by atoms with Crippen LogP contribution in [0.5, 0.6) is 11.5 Å². The number of hydroxylamine groups is 1. The molecule has 1 aromatic carbocycles. The van der Waals surface area contributed by atoms with Crippen molar-refractivity contribution < 1.29 is 9.57 Å². The van der Waals surface area contributed by atoms with Gasteiger partial charge in [0.15, 0.2) is 5.75 Å². The van der Waals surface area contributed by atoms with Gasteiger partial charge in [0, 0.05) is 31.0 Å². The molecule has 0 atom stereocenters. The van der Waals surface area contributed by atoms with Crippen LogP contribution in [0.25, 0.3) is 0 Å². The smallest absolute Gasteiger partial charge is 0.175 e. The molecule has 2 heterocycles. The first-order valence-corrected chi connectivity index (χ1v) is 9.82. The second-order valence-electron chi connectivity index (χ2n) is 6.20. The number of halogens is 1. The molecule has 0 aliphatic carbocycles. The predicted octanol–water partition coefficient (Wildman–Crippen LogP) is 5.02. The summed E-state index contributed by atoms with van der Waals surface area (Å²) in [6.07, 6.45) is 3.56. The van der Waals surface area contributed by atoms with Gasteiger partial charge in [0.25, 0.3) is 0 Å². The number of aryl methyl sites for hydroxylation is 1. The van der Waals surface area contributed by atoms with Gasteiger partial charge < -0.3 is 14.5 Å². The number of benzene rings is 1. The zero-order valence-electron chi connectivity index (χ0n) is 16.8. The quantitative estimate of drug-likeness (QED) is 0.495. The number of anilines is 1. The summed E-state index contributed by atoms with van der Waals surface area (Å²) in [4.78, 5) is 22.1. The second kappa shape index (κ2) is 10.7. The third-order valence-electron chi connectivity index (χ3n) is 4.28. The maximum atomic E-state index is 10.3. The summed E-state index contributed by atoms with van der Waals surface area (Å²) < 4.78 is 6.13. The molecule has 0 unspecified atom stereocenters. The van der Waals surface area contributed by atoms with Crippen molar-refractivity contribution in [1.82, 2.24) is 10.2 Å². The first-order chi connectivity index (χ1) is 13.5. The zero-order valence-corrected chi connectivity index (χ0v) is 17.5. The predicted molar refractivity (Wildman–Crippen MR) is 112 cm³/mol. The highest BCUT2D eigenvalue weighted by molar-refractivity contribution is 6.30. The summed E-state index contributed by atoms with van der Waals surface area (Å²) in [7, 11) is 1.42. The van der Waals surface area contributed by atoms with Gasteiger partial charge in [0.2, 0.25) is 0 Å². The fraction of sp³-hybridized carbons (Fsp3) is 0.450. The van der Waals surface area contributed by atoms with Gasteiger partial charge in [-0.3, -0.25) is 0 Å². The Labute approximate surface area is 171 Å². The fourth-order valence-corrected chi connectivity index (χ4v) is 3.03. The van der Waals surface area contributed by atoms with E-state index < -0.39 is 0 Å². The van der Waals surface area contributed by atoms with Gasteiger partial charge in [-0.15, -0.1) is 4.91 Å². The van der Waals surface area contributed by atoms with E-state index in [9.17, 15) is 4.91 Å². The molecule has 1 aliphatic rings. The van der Waals surface area contributed by atoms with Crippen molar-refractivity contribution in [3.05, 3.63) is 52.0 Å². The van der Waals surface area contributed by atoms with Gasteiger partial charge in [0.1, 0.15) is 17.7 Å². The van der Waals surface area contributed by atoms with Gasteiger partial charge in [-0.2, -0.15) is 0 Å². The van der Waals surface area contributed by atoms with E-state index in [0.717, 1.165) is 48.2 Å². The Hall–Kier alpha value is -2.54. The molecule has 2 aromatic rings. The van der Waals surface area contributed by atoms with E-state index >= 15 is 0 Å². The molecule has 0 radical (unpaired) electrons. The highest BCUT2D eigenvalue weighted by Gasteiger charge is 2.22. The van der Waals surface area contributed by atoms with Crippen LogP contribution < -0.4 is 14.5 Å². The number of hydrogen-bond donors (Lipinski definition) is 0. The van der Waals surface area contributed by atoms with Crippen molar-refractivity contribution in [2.24, 2.45) is 5.29 Å². The Bertz CT molecular complexity index is 750. The Morgan fingerprint density at radius 1 is 1.21 bits per heavy atom. The van der Waals surface area contributed by atoms with Crippen LogP contribution in [0.3, 0.4) is 0 Å². The lowest BCUT2D eigenvalue weighted by Crippen LogP contribution is -2.38. The number of rotatable bonds is 6. The van der Waals surface area contributed by atoms with Gasteiger partial charge in [0.05, 0.1) is 18.5 Å². The molecular weight excluding hydrogens is 380 g/mol. The van der Waals surface area contributed by atoms with Gasteiger partial charge in [-0.1, -0.05) is 36.7 Å². The number of nitrogens with zero attached hydrogens (tertiary/aromatic N) is 4. The number of pyridine rings is 1. The minimum absolute atomic E-state index is 0.165. The molecule has 0 saturated carbocycles. The van der Waals surface area contributed by atoms with E-state index in [0.29, 0.717) is 10.8 Å². The molecule has 1 saturated heterocycles. The normalized spacial score (nSPS) is 14.0. The largest absolute Gasteiger partial charge is 0.490 e. The Morgan fingerprint density at radius 3 is 2.54 bits per heavy atom. The molecule has 1 aliphatic heterocycles. The maximum Gasteiger partial charge on any atom is 0.175 e. The van der Waals surface area contributed by atoms with Crippen LogP contribution in [0.1, 0.15) is 32.3 Å². The highest BCUT2D eigenvalue weighted by Crippen LogP contribution is 2.27. The summed E-state index contributed by atoms with van der Waals surface area (Å²) in [6.45, 7) is 7.73. The van der Waals surface area contributed by atoms with Gasteiger partial charge >= 0.3 is 0 Å². The van der Waals surface area contributed by atoms with E-state index in [1.54, 1.807) is 12.3 Å². The van der Waals surface area contributed by atoms with E-state index in [1.807, 2.05) is 45.0 Å². The van der Waals surface area contributed by atoms with Crippen LogP contribution in [0.15, 0.2) is 41.8 Å². The van der Waals surface area contributed by atoms with Crippen LogP contribution in [-0.4, -0.2) is 36.4 Å². The molecule has 1 aromatic heterocycles. The number of hydrogen-bond acceptors (Lipinski definition) is 6. The Morgan fingerprint density at radius 2 is 1.93 bits per heavy atom. The lowest BCUT2D eigenvalue weighted by atomic mass is 10.1. The van der Waals surface area contributed by atoms with Crippen molar-refractivity contribution in [1.29, 1.82) is 0 Å². The van der Waals surface area contributed by atoms with Crippen molar-refractivity contribution in [2.75, 3.05) is 25.0 Å². The molecule has 0 amide bonds. The monoisotopic (exact) mass is 406 g/mol. The van der Waals surface area contributed by atoms with E-state index in [4.69, 9.17) is 21.2 Å². The van der Waals surface area contributed by atoms with E-state index in [1.165, 1.54) is 7.05 Å². The zero-order chi connectivity index (χ0) is 20.5. The third-order valence-corrected chi connectivity index (χ3v) is 4.52. The number of piperidine rings is 1. The van der Waals surface area contributed by atoms with Gasteiger partial charge in [-0.05, 0) is 36.8 Å². The summed E-state index contributed by atoms with van der Waals surface area (Å²) in [5, 5.41) is 4.18. The van der Waals surface area contributed by atoms with E-state index in [-0.39, 0.29) is 6.10 Å². The third kappa shape index (κ3) is 5.99. The average molecular weight is 407 g/mol. The molecule has 7 nitrogen and oxygen atoms in total. The van der Waals surface area contributed by atoms with Crippen LogP contribution in [0.2, 0.25) is 5.02 Å². The minimum Gasteiger partial charge on any atom is -0.490 e. The van der Waals surface area contributed by atoms with Crippen LogP contribution >= 0.6 is 11.6 Å². The first kappa shape index (κ1) is 21.8. The molecule has 0 spiro atoms. The summed E-state index contributed by atoms with van der Waals surface area (Å²) in [5.41, 5.74) is 1.09. The van der Waals surface area contributed by atoms with Crippen molar-refractivity contribution >= 4 is 17.4 Å². The van der Waals surface area contributed by atoms with E-state index in [2.05, 4.69) is 15.2 Å². The molecule has 1 fully saturated rings. The van der Waals surface area contributed by atoms with Crippen molar-refractivity contribution in [3.63, 3.8) is 0 Å². The molecule has 28 heavy (non-hydrogen) atoms. The Kier molecular flexibility index (Phi) is 8.32. The molecule has 0 bridgehead atoms. The van der Waals surface area contributed by atoms with Crippen molar-refractivity contribution in [3.8, 4) is 11.5 Å². The number of nitroso groups, excluding NO2 is 1. The SMILES string of the molecule is CC.Cc1ccc(Cl)cc1OC1CCN(c2ccc(ON(C)N=O)cn2)CC1. The summed E-state index contributed by atoms with van der Waals surface area (Å²) in [6, 6.07) is 9.35. The number of aromatic nitrogens is 1. The summed E-state index contributed by atoms with van der Waals surface area (Å²) >= 11 is 6.06. The molecule has 3 rings (SSSR count). The Balaban J connectivity index is 0.00000136. The standard InChI is InChI=1S/C18H21ClN4O3.C2H6/c1-13-3-4-14(19)11-17(13)25-15-7-9-23(10-8-15)18-6-5-16(12-20-18)26-22(2)21-24;1-2/h3-6,11-12,15H,7-10H2,1-2H3;1-2H3. The second-order valence-corrected chi connectivity index (χ2v) is 6.64. The molecule has 0 N–H and O–H groups in total. The van der Waals surface area contributed by atoms with Gasteiger partial charge in [-0.25, -0.2) is 4.98 Å². The first-order valence-electron chi connectivity index (χ1n) is 9.44.